The first-order valence-electron chi connectivity index (χ1n) is 12.2. The number of fused-ring (bicyclic) bond motifs is 1. The molecule has 0 radical (unpaired) electrons. The molecule has 0 saturated heterocycles. The number of carbonyl (C=O) groups excluding carboxylic acids is 1. The van der Waals surface area contributed by atoms with Gasteiger partial charge in [-0.3, -0.25) is 25.0 Å². The zero-order chi connectivity index (χ0) is 25.5. The van der Waals surface area contributed by atoms with Gasteiger partial charge in [0.1, 0.15) is 22.9 Å². The van der Waals surface area contributed by atoms with Gasteiger partial charge in [0.2, 0.25) is 5.78 Å². The molecule has 1 aliphatic rings. The largest absolute Gasteiger partial charge is 0.462 e. The number of hydrogen-bond donors (Lipinski definition) is 5. The van der Waals surface area contributed by atoms with E-state index < -0.39 is 5.72 Å². The van der Waals surface area contributed by atoms with Crippen LogP contribution in [0.3, 0.4) is 0 Å². The van der Waals surface area contributed by atoms with Crippen LogP contribution in [0.4, 0.5) is 5.82 Å². The number of H-pyrrole nitrogens is 5. The Morgan fingerprint density at radius 1 is 0.868 bits per heavy atom. The van der Waals surface area contributed by atoms with Gasteiger partial charge in [-0.15, -0.1) is 0 Å². The number of allylic oxidation sites excluding steroid dienone is 1. The Bertz CT molecular complexity index is 1640. The molecule has 7 rings (SSSR count). The molecule has 1 atom stereocenters. The molecule has 0 fully saturated rings. The third kappa shape index (κ3) is 3.60. The number of benzene rings is 1. The van der Waals surface area contributed by atoms with Crippen LogP contribution in [0.5, 0.6) is 0 Å². The van der Waals surface area contributed by atoms with E-state index >= 15 is 0 Å². The molecule has 6 heterocycles. The van der Waals surface area contributed by atoms with Crippen LogP contribution in [0.25, 0.3) is 16.7 Å². The molecule has 0 spiro atoms. The first-order valence-corrected chi connectivity index (χ1v) is 12.2. The van der Waals surface area contributed by atoms with E-state index in [2.05, 4.69) is 40.6 Å². The second-order valence-electron chi connectivity index (χ2n) is 9.20. The highest BCUT2D eigenvalue weighted by atomic mass is 16.5. The molecule has 5 N–H and O–H groups in total. The number of carbonyl (C=O) groups is 1. The Hall–Kier alpha value is -5.32. The lowest BCUT2D eigenvalue weighted by Gasteiger charge is -2.38. The van der Waals surface area contributed by atoms with Gasteiger partial charge in [-0.1, -0.05) is 18.2 Å². The number of ether oxygens (including phenoxy) is 1. The second kappa shape index (κ2) is 8.66. The molecular weight excluding hydrogens is 482 g/mol. The van der Waals surface area contributed by atoms with Gasteiger partial charge in [0.25, 0.3) is 0 Å². The maximum absolute atomic E-state index is 14.2. The van der Waals surface area contributed by atoms with E-state index in [1.807, 2.05) is 59.6 Å². The van der Waals surface area contributed by atoms with E-state index in [1.165, 1.54) is 0 Å². The van der Waals surface area contributed by atoms with Gasteiger partial charge in [0.05, 0.1) is 0 Å². The molecule has 0 saturated carbocycles. The summed E-state index contributed by atoms with van der Waals surface area (Å²) in [4.78, 5) is 23.0. The fourth-order valence-corrected chi connectivity index (χ4v) is 5.14. The number of Topliss-reactive ketones (excluding diaryl/α,β-unsaturated/α-hetero) is 1. The van der Waals surface area contributed by atoms with Crippen LogP contribution in [0.1, 0.15) is 27.6 Å². The van der Waals surface area contributed by atoms with Gasteiger partial charge >= 0.3 is 0 Å². The highest BCUT2D eigenvalue weighted by molar-refractivity contribution is 6.14. The number of nitrogens with zero attached hydrogens (tertiary/aromatic N) is 4. The summed E-state index contributed by atoms with van der Waals surface area (Å²) in [5.41, 5.74) is 2.99. The van der Waals surface area contributed by atoms with Crippen molar-refractivity contribution < 1.29 is 9.53 Å². The molecule has 1 aliphatic heterocycles. The number of nitrogens with one attached hydrogen (secondary N) is 5. The van der Waals surface area contributed by atoms with E-state index in [4.69, 9.17) is 4.74 Å². The molecule has 11 heteroatoms. The van der Waals surface area contributed by atoms with Crippen molar-refractivity contribution in [2.24, 2.45) is 0 Å². The quantitative estimate of drug-likeness (QED) is 0.198. The number of para-hydroxylation sites is 1. The van der Waals surface area contributed by atoms with Crippen molar-refractivity contribution in [3.63, 3.8) is 0 Å². The lowest BCUT2D eigenvalue weighted by Crippen LogP contribution is -2.51. The number of hydrogen-bond acceptors (Lipinski definition) is 6. The summed E-state index contributed by atoms with van der Waals surface area (Å²) in [5.74, 6) is 0.852. The second-order valence-corrected chi connectivity index (χ2v) is 9.20. The summed E-state index contributed by atoms with van der Waals surface area (Å²) in [6, 6.07) is 19.3. The zero-order valence-electron chi connectivity index (χ0n) is 20.1. The van der Waals surface area contributed by atoms with E-state index in [0.29, 0.717) is 35.7 Å². The van der Waals surface area contributed by atoms with Gasteiger partial charge in [-0.25, -0.2) is 0 Å². The van der Waals surface area contributed by atoms with Gasteiger partial charge in [-0.2, -0.15) is 15.3 Å². The Morgan fingerprint density at radius 2 is 1.68 bits per heavy atom. The minimum Gasteiger partial charge on any atom is -0.462 e. The highest BCUT2D eigenvalue weighted by Crippen LogP contribution is 2.46. The Balaban J connectivity index is 1.49. The number of ketones is 1. The lowest BCUT2D eigenvalue weighted by atomic mass is 9.98. The smallest absolute Gasteiger partial charge is 0.231 e. The van der Waals surface area contributed by atoms with Crippen molar-refractivity contribution >= 4 is 28.3 Å². The summed E-state index contributed by atoms with van der Waals surface area (Å²) >= 11 is 0. The summed E-state index contributed by atoms with van der Waals surface area (Å²) < 4.78 is 6.93. The van der Waals surface area contributed by atoms with Crippen LogP contribution in [0, 0.1) is 0 Å². The van der Waals surface area contributed by atoms with Gasteiger partial charge in [0.15, 0.2) is 11.5 Å². The SMILES string of the molecule is O=C(C1=C(c2ccn[nH]2)OC(Cc2ccc[nH]2)(Cc2ccn[nH]2)N1c1cc2ccccc2[nH]1)c1ccn[nH]1. The average molecular weight is 506 g/mol. The molecule has 1 unspecified atom stereocenters. The summed E-state index contributed by atoms with van der Waals surface area (Å²) in [6.45, 7) is 0. The topological polar surface area (TPSA) is 147 Å². The van der Waals surface area contributed by atoms with Crippen LogP contribution in [0.2, 0.25) is 0 Å². The minimum absolute atomic E-state index is 0.260. The van der Waals surface area contributed by atoms with Crippen molar-refractivity contribution in [1.29, 1.82) is 0 Å². The monoisotopic (exact) mass is 505 g/mol. The molecule has 0 bridgehead atoms. The first-order chi connectivity index (χ1) is 18.7. The average Bonchev–Trinajstić information content (AvgIpc) is 3.77. The van der Waals surface area contributed by atoms with Crippen LogP contribution < -0.4 is 4.90 Å². The highest BCUT2D eigenvalue weighted by Gasteiger charge is 2.52. The fraction of sp³-hybridized carbons (Fsp3) is 0.111. The maximum atomic E-state index is 14.2. The van der Waals surface area contributed by atoms with Crippen LogP contribution in [0.15, 0.2) is 91.1 Å². The molecule has 0 amide bonds. The Labute approximate surface area is 215 Å². The Morgan fingerprint density at radius 3 is 2.42 bits per heavy atom. The van der Waals surface area contributed by atoms with Crippen LogP contribution in [-0.2, 0) is 17.6 Å². The summed E-state index contributed by atoms with van der Waals surface area (Å²) in [5, 5.41) is 22.2. The van der Waals surface area contributed by atoms with E-state index in [9.17, 15) is 4.79 Å². The zero-order valence-corrected chi connectivity index (χ0v) is 20.1. The predicted molar refractivity (Wildman–Crippen MR) is 140 cm³/mol. The first kappa shape index (κ1) is 21.9. The van der Waals surface area contributed by atoms with Gasteiger partial charge in [0, 0.05) is 59.9 Å². The number of aromatic amines is 5. The number of rotatable bonds is 8. The molecule has 6 aromatic rings. The molecule has 1 aromatic carbocycles. The van der Waals surface area contributed by atoms with Gasteiger partial charge in [-0.05, 0) is 42.5 Å². The Kier molecular flexibility index (Phi) is 5.00. The van der Waals surface area contributed by atoms with Gasteiger partial charge < -0.3 is 14.7 Å². The molecule has 0 aliphatic carbocycles. The standard InChI is InChI=1S/C27H23N9O2/c37-25(21-8-12-30-34-21)24-26(22-9-13-31-35-22)38-27(15-18-5-3-10-28-18,16-19-7-11-29-33-19)36(24)23-14-17-4-1-2-6-20(17)32-23/h1-14,28,32H,15-16H2,(H,29,33)(H,30,34)(H,31,35). The van der Waals surface area contributed by atoms with Crippen molar-refractivity contribution in [3.05, 3.63) is 114 Å². The maximum Gasteiger partial charge on any atom is 0.231 e. The molecule has 188 valence electrons. The molecule has 38 heavy (non-hydrogen) atoms. The van der Waals surface area contributed by atoms with E-state index in [-0.39, 0.29) is 5.78 Å². The normalized spacial score (nSPS) is 17.4. The summed E-state index contributed by atoms with van der Waals surface area (Å²) in [6.07, 6.45) is 7.62. The molecule has 5 aromatic heterocycles. The third-order valence-electron chi connectivity index (χ3n) is 6.75. The molecule has 11 nitrogen and oxygen atoms in total. The van der Waals surface area contributed by atoms with Crippen molar-refractivity contribution in [3.8, 4) is 0 Å². The number of aromatic nitrogens is 8. The predicted octanol–water partition coefficient (Wildman–Crippen LogP) is 3.94. The van der Waals surface area contributed by atoms with E-state index in [1.54, 1.807) is 30.7 Å². The summed E-state index contributed by atoms with van der Waals surface area (Å²) in [7, 11) is 0. The minimum atomic E-state index is -1.05. The van der Waals surface area contributed by atoms with E-state index in [0.717, 1.165) is 28.1 Å². The van der Waals surface area contributed by atoms with Crippen molar-refractivity contribution in [2.75, 3.05) is 4.90 Å². The number of anilines is 1. The third-order valence-corrected chi connectivity index (χ3v) is 6.75. The molecular formula is C27H23N9O2. The van der Waals surface area contributed by atoms with Crippen molar-refractivity contribution in [1.82, 2.24) is 40.6 Å². The lowest BCUT2D eigenvalue weighted by molar-refractivity contribution is 0.0587. The van der Waals surface area contributed by atoms with Crippen LogP contribution >= 0.6 is 0 Å². The van der Waals surface area contributed by atoms with Crippen molar-refractivity contribution in [2.45, 2.75) is 18.6 Å². The van der Waals surface area contributed by atoms with Crippen LogP contribution in [-0.4, -0.2) is 52.1 Å². The fourth-order valence-electron chi connectivity index (χ4n) is 5.14.